The maximum absolute atomic E-state index is 12.5. The second-order valence-electron chi connectivity index (χ2n) is 10.2. The molecule has 3 aromatic heterocycles. The highest BCUT2D eigenvalue weighted by molar-refractivity contribution is 9.10. The smallest absolute Gasteiger partial charge is 0.364 e. The van der Waals surface area contributed by atoms with E-state index in [-0.39, 0.29) is 30.0 Å². The lowest BCUT2D eigenvalue weighted by molar-refractivity contribution is -0.138. The molecule has 0 radical (unpaired) electrons. The Morgan fingerprint density at radius 3 is 2.52 bits per heavy atom. The fourth-order valence-electron chi connectivity index (χ4n) is 4.96. The monoisotopic (exact) mass is 668 g/mol. The summed E-state index contributed by atoms with van der Waals surface area (Å²) in [5.74, 6) is 5.81. The van der Waals surface area contributed by atoms with Crippen molar-refractivity contribution >= 4 is 50.8 Å². The quantitative estimate of drug-likeness (QED) is 0.187. The van der Waals surface area contributed by atoms with E-state index < -0.39 is 17.6 Å². The van der Waals surface area contributed by atoms with E-state index in [0.717, 1.165) is 16.9 Å². The van der Waals surface area contributed by atoms with E-state index in [0.29, 0.717) is 47.0 Å². The van der Waals surface area contributed by atoms with Gasteiger partial charge in [0.2, 0.25) is 11.7 Å². The van der Waals surface area contributed by atoms with Gasteiger partial charge in [-0.3, -0.25) is 19.2 Å². The lowest BCUT2D eigenvalue weighted by Crippen LogP contribution is -2.39. The number of alkyl halides is 3. The average molecular weight is 669 g/mol. The van der Waals surface area contributed by atoms with Crippen molar-refractivity contribution in [2.45, 2.75) is 37.6 Å². The average Bonchev–Trinajstić information content (AvgIpc) is 3.56. The molecule has 1 aliphatic carbocycles. The zero-order valence-corrected chi connectivity index (χ0v) is 24.6. The zero-order valence-electron chi connectivity index (χ0n) is 23.0. The van der Waals surface area contributed by atoms with Crippen molar-refractivity contribution in [1.29, 1.82) is 0 Å². The molecule has 0 unspecified atom stereocenters. The van der Waals surface area contributed by atoms with Crippen LogP contribution in [-0.2, 0) is 22.3 Å². The number of anilines is 1. The molecule has 0 bridgehead atoms. The first-order valence-electron chi connectivity index (χ1n) is 13.2. The molecule has 6 rings (SSSR count). The molecule has 3 N–H and O–H groups in total. The number of carbonyl (C=O) groups excluding carboxylic acids is 3. The van der Waals surface area contributed by atoms with Gasteiger partial charge in [0.15, 0.2) is 5.69 Å². The molecule has 0 spiro atoms. The molecule has 2 amide bonds. The predicted molar refractivity (Wildman–Crippen MR) is 156 cm³/mol. The molecule has 4 aromatic rings. The summed E-state index contributed by atoms with van der Waals surface area (Å²) in [4.78, 5) is 47.9. The number of aldehydes is 1. The fourth-order valence-corrected chi connectivity index (χ4v) is 5.31. The normalized spacial score (nSPS) is 18.8. The number of nitrogens with one attached hydrogen (secondary N) is 1. The third kappa shape index (κ3) is 6.92. The molecule has 1 aromatic carbocycles. The number of pyridine rings is 1. The van der Waals surface area contributed by atoms with E-state index in [1.807, 2.05) is 19.2 Å². The summed E-state index contributed by atoms with van der Waals surface area (Å²) in [6.45, 7) is -0.0474. The van der Waals surface area contributed by atoms with Crippen molar-refractivity contribution < 1.29 is 27.6 Å². The molecule has 11 nitrogen and oxygen atoms in total. The summed E-state index contributed by atoms with van der Waals surface area (Å²) in [5.41, 5.74) is 5.28. The number of fused-ring (bicyclic) bond motifs is 2. The van der Waals surface area contributed by atoms with Gasteiger partial charge in [0.05, 0.1) is 23.7 Å². The van der Waals surface area contributed by atoms with E-state index in [1.165, 1.54) is 11.1 Å². The Morgan fingerprint density at radius 1 is 1.16 bits per heavy atom. The topological polar surface area (TPSA) is 149 Å². The number of halogens is 4. The summed E-state index contributed by atoms with van der Waals surface area (Å²) in [7, 11) is 2.04. The van der Waals surface area contributed by atoms with Crippen LogP contribution < -0.4 is 11.1 Å². The lowest BCUT2D eigenvalue weighted by atomic mass is 10.1. The Hall–Kier alpha value is -4.68. The van der Waals surface area contributed by atoms with Crippen LogP contribution in [0.4, 0.5) is 19.0 Å². The largest absolute Gasteiger partial charge is 0.419 e. The SMILES string of the molecule is CN1[C@@H]2C[C@@H]2C[C@H]1C(=O)Nc1cccc(Br)n1.NC(=O)c1nn(CC=O)c2ccc(C#Cc3ncc(C(F)(F)F)cn3)cc12. The van der Waals surface area contributed by atoms with Crippen molar-refractivity contribution in [3.63, 3.8) is 0 Å². The van der Waals surface area contributed by atoms with Crippen LogP contribution in [0.25, 0.3) is 10.9 Å². The minimum atomic E-state index is -4.52. The molecule has 44 heavy (non-hydrogen) atoms. The molecule has 15 heteroatoms. The predicted octanol–water partition coefficient (Wildman–Crippen LogP) is 3.42. The Balaban J connectivity index is 0.000000193. The number of likely N-dealkylation sites (N-methyl/N-ethyl adjacent to an activating group) is 1. The highest BCUT2D eigenvalue weighted by Gasteiger charge is 2.52. The number of hydrogen-bond acceptors (Lipinski definition) is 8. The Kier molecular flexibility index (Phi) is 8.75. The van der Waals surface area contributed by atoms with Crippen LogP contribution in [0.2, 0.25) is 0 Å². The second kappa shape index (κ2) is 12.5. The van der Waals surface area contributed by atoms with Gasteiger partial charge in [-0.05, 0) is 78.0 Å². The van der Waals surface area contributed by atoms with Gasteiger partial charge in [0, 0.05) is 29.4 Å². The number of nitrogens with two attached hydrogens (primary N) is 1. The standard InChI is InChI=1S/C17H10F3N5O2.C12H14BrN3O/c18-17(19,20)11-8-22-14(23-9-11)4-2-10-1-3-13-12(7-10)15(16(21)27)24-25(13)5-6-26;1-16-8-5-7(8)6-9(16)12(17)15-11-4-2-3-10(13)14-11/h1,3,6-9H,5H2,(H2,21,27);2-4,7-9H,5-6H2,1H3,(H,14,15,17)/t;7-,8-,9+/m.1/s1. The van der Waals surface area contributed by atoms with E-state index in [2.05, 4.69) is 58.0 Å². The van der Waals surface area contributed by atoms with Crippen molar-refractivity contribution in [2.75, 3.05) is 12.4 Å². The van der Waals surface area contributed by atoms with Crippen molar-refractivity contribution in [1.82, 2.24) is 29.6 Å². The summed E-state index contributed by atoms with van der Waals surface area (Å²) in [6.07, 6.45) is -0.350. The Morgan fingerprint density at radius 2 is 1.91 bits per heavy atom. The van der Waals surface area contributed by atoms with Crippen LogP contribution in [0.3, 0.4) is 0 Å². The number of piperidine rings is 1. The van der Waals surface area contributed by atoms with Crippen molar-refractivity contribution in [3.8, 4) is 11.8 Å². The van der Waals surface area contributed by atoms with Gasteiger partial charge in [0.1, 0.15) is 16.7 Å². The molecule has 226 valence electrons. The number of aromatic nitrogens is 5. The highest BCUT2D eigenvalue weighted by atomic mass is 79.9. The molecule has 2 fully saturated rings. The molecule has 1 aliphatic heterocycles. The highest BCUT2D eigenvalue weighted by Crippen LogP contribution is 2.46. The van der Waals surface area contributed by atoms with Crippen LogP contribution in [0.5, 0.6) is 0 Å². The Labute approximate surface area is 257 Å². The first-order valence-corrected chi connectivity index (χ1v) is 14.0. The number of rotatable bonds is 5. The van der Waals surface area contributed by atoms with Crippen molar-refractivity contribution in [3.05, 3.63) is 76.0 Å². The van der Waals surface area contributed by atoms with Gasteiger partial charge < -0.3 is 15.8 Å². The molecular formula is C29H24BrF3N8O3. The second-order valence-corrected chi connectivity index (χ2v) is 11.0. The number of amides is 2. The molecule has 2 aliphatic rings. The van der Waals surface area contributed by atoms with Gasteiger partial charge in [-0.15, -0.1) is 0 Å². The Bertz CT molecular complexity index is 1800. The fraction of sp³-hybridized carbons (Fsp3) is 0.276. The van der Waals surface area contributed by atoms with Crippen LogP contribution >= 0.6 is 15.9 Å². The first-order chi connectivity index (χ1) is 20.9. The van der Waals surface area contributed by atoms with Crippen LogP contribution in [-0.4, -0.2) is 66.9 Å². The summed E-state index contributed by atoms with van der Waals surface area (Å²) < 4.78 is 39.6. The number of benzene rings is 1. The molecule has 1 saturated carbocycles. The van der Waals surface area contributed by atoms with Crippen LogP contribution in [0.15, 0.2) is 53.4 Å². The van der Waals surface area contributed by atoms with E-state index in [4.69, 9.17) is 5.73 Å². The lowest BCUT2D eigenvalue weighted by Gasteiger charge is -2.21. The van der Waals surface area contributed by atoms with Gasteiger partial charge in [-0.2, -0.15) is 18.3 Å². The number of hydrogen-bond donors (Lipinski definition) is 2. The van der Waals surface area contributed by atoms with Crippen molar-refractivity contribution in [2.24, 2.45) is 11.7 Å². The van der Waals surface area contributed by atoms with Crippen LogP contribution in [0.1, 0.15) is 40.3 Å². The molecule has 1 saturated heterocycles. The zero-order chi connectivity index (χ0) is 31.6. The maximum atomic E-state index is 12.5. The van der Waals surface area contributed by atoms with E-state index >= 15 is 0 Å². The number of primary amides is 1. The third-order valence-corrected chi connectivity index (χ3v) is 7.67. The van der Waals surface area contributed by atoms with Gasteiger partial charge in [-0.1, -0.05) is 12.0 Å². The molecule has 3 atom stereocenters. The third-order valence-electron chi connectivity index (χ3n) is 7.22. The van der Waals surface area contributed by atoms with Gasteiger partial charge in [0.25, 0.3) is 5.91 Å². The summed E-state index contributed by atoms with van der Waals surface area (Å²) in [6, 6.07) is 10.9. The minimum absolute atomic E-state index is 0.0127. The number of carbonyl (C=O) groups is 3. The van der Waals surface area contributed by atoms with Gasteiger partial charge in [-0.25, -0.2) is 15.0 Å². The van der Waals surface area contributed by atoms with Crippen LogP contribution in [0, 0.1) is 17.8 Å². The van der Waals surface area contributed by atoms with E-state index in [9.17, 15) is 27.6 Å². The number of likely N-dealkylation sites (tertiary alicyclic amines) is 1. The molecular weight excluding hydrogens is 645 g/mol. The van der Waals surface area contributed by atoms with Gasteiger partial charge >= 0.3 is 6.18 Å². The minimum Gasteiger partial charge on any atom is -0.364 e. The number of nitrogens with zero attached hydrogens (tertiary/aromatic N) is 6. The summed E-state index contributed by atoms with van der Waals surface area (Å²) in [5, 5.41) is 7.28. The van der Waals surface area contributed by atoms with E-state index in [1.54, 1.807) is 24.3 Å². The molecule has 4 heterocycles. The summed E-state index contributed by atoms with van der Waals surface area (Å²) >= 11 is 3.29. The first kappa shape index (κ1) is 30.8. The maximum Gasteiger partial charge on any atom is 0.419 e.